The number of carbonyl (C=O) groups excluding carboxylic acids is 2. The van der Waals surface area contributed by atoms with Gasteiger partial charge in [0.2, 0.25) is 0 Å². The topological polar surface area (TPSA) is 58.2 Å². The van der Waals surface area contributed by atoms with Crippen LogP contribution < -0.4 is 10.6 Å². The van der Waals surface area contributed by atoms with Gasteiger partial charge in [0.25, 0.3) is 5.91 Å². The van der Waals surface area contributed by atoms with Crippen LogP contribution in [0.1, 0.15) is 17.9 Å². The van der Waals surface area contributed by atoms with Crippen molar-refractivity contribution in [3.05, 3.63) is 35.9 Å². The third-order valence-electron chi connectivity index (χ3n) is 1.90. The maximum atomic E-state index is 11.5. The summed E-state index contributed by atoms with van der Waals surface area (Å²) in [6.07, 6.45) is 0. The molecule has 0 bridgehead atoms. The second-order valence-electron chi connectivity index (χ2n) is 3.12. The Kier molecular flexibility index (Phi) is 4.79. The summed E-state index contributed by atoms with van der Waals surface area (Å²) in [5, 5.41) is 3.75. The predicted octanol–water partition coefficient (Wildman–Crippen LogP) is 1.81. The van der Waals surface area contributed by atoms with Gasteiger partial charge in [-0.15, -0.1) is 11.6 Å². The summed E-state index contributed by atoms with van der Waals surface area (Å²) in [5.74, 6) is -0.529. The van der Waals surface area contributed by atoms with E-state index >= 15 is 0 Å². The quantitative estimate of drug-likeness (QED) is 0.792. The van der Waals surface area contributed by atoms with E-state index < -0.39 is 17.3 Å². The summed E-state index contributed by atoms with van der Waals surface area (Å²) in [6, 6.07) is 8.32. The van der Waals surface area contributed by atoms with Crippen LogP contribution in [-0.2, 0) is 4.79 Å². The lowest BCUT2D eigenvalue weighted by Crippen LogP contribution is -2.40. The molecule has 2 N–H and O–H groups in total. The first-order chi connectivity index (χ1) is 7.65. The van der Waals surface area contributed by atoms with Gasteiger partial charge in [-0.3, -0.25) is 10.1 Å². The van der Waals surface area contributed by atoms with Crippen molar-refractivity contribution in [2.75, 3.05) is 6.54 Å². The number of alkyl halides is 1. The lowest BCUT2D eigenvalue weighted by molar-refractivity contribution is -0.119. The molecule has 0 radical (unpaired) electrons. The average Bonchev–Trinajstić information content (AvgIpc) is 2.29. The van der Waals surface area contributed by atoms with E-state index in [0.717, 1.165) is 0 Å². The van der Waals surface area contributed by atoms with E-state index in [9.17, 15) is 9.59 Å². The van der Waals surface area contributed by atoms with Crippen LogP contribution in [0.2, 0.25) is 0 Å². The molecule has 1 aromatic rings. The molecule has 16 heavy (non-hydrogen) atoms. The van der Waals surface area contributed by atoms with E-state index in [4.69, 9.17) is 11.6 Å². The van der Waals surface area contributed by atoms with Crippen LogP contribution in [0.5, 0.6) is 0 Å². The Hall–Kier alpha value is -1.55. The molecule has 0 spiro atoms. The molecular weight excluding hydrogens is 228 g/mol. The zero-order valence-electron chi connectivity index (χ0n) is 8.87. The van der Waals surface area contributed by atoms with Crippen molar-refractivity contribution in [1.29, 1.82) is 0 Å². The summed E-state index contributed by atoms with van der Waals surface area (Å²) in [6.45, 7) is 2.22. The Morgan fingerprint density at radius 3 is 2.50 bits per heavy atom. The van der Waals surface area contributed by atoms with Gasteiger partial charge in [0.15, 0.2) is 0 Å². The minimum absolute atomic E-state index is 0.456. The van der Waals surface area contributed by atoms with Crippen molar-refractivity contribution in [1.82, 2.24) is 10.6 Å². The van der Waals surface area contributed by atoms with Crippen LogP contribution in [0.25, 0.3) is 0 Å². The summed E-state index contributed by atoms with van der Waals surface area (Å²) >= 11 is 5.91. The van der Waals surface area contributed by atoms with Crippen LogP contribution in [0.4, 0.5) is 4.79 Å². The van der Waals surface area contributed by atoms with Crippen LogP contribution in [0, 0.1) is 0 Å². The van der Waals surface area contributed by atoms with Crippen LogP contribution in [0.15, 0.2) is 30.3 Å². The number of benzene rings is 1. The van der Waals surface area contributed by atoms with Gasteiger partial charge in [-0.05, 0) is 12.5 Å². The van der Waals surface area contributed by atoms with Gasteiger partial charge in [-0.2, -0.15) is 0 Å². The third kappa shape index (κ3) is 3.55. The zero-order chi connectivity index (χ0) is 12.0. The lowest BCUT2D eigenvalue weighted by atomic mass is 10.1. The monoisotopic (exact) mass is 240 g/mol. The molecule has 0 aliphatic heterocycles. The van der Waals surface area contributed by atoms with Crippen molar-refractivity contribution in [2.24, 2.45) is 0 Å². The number of nitrogens with one attached hydrogen (secondary N) is 2. The fourth-order valence-corrected chi connectivity index (χ4v) is 1.35. The van der Waals surface area contributed by atoms with E-state index in [-0.39, 0.29) is 0 Å². The van der Waals surface area contributed by atoms with Crippen molar-refractivity contribution in [2.45, 2.75) is 12.3 Å². The van der Waals surface area contributed by atoms with Crippen LogP contribution in [-0.4, -0.2) is 18.5 Å². The van der Waals surface area contributed by atoms with Gasteiger partial charge in [0.1, 0.15) is 5.38 Å². The second kappa shape index (κ2) is 6.12. The molecule has 5 heteroatoms. The van der Waals surface area contributed by atoms with E-state index in [1.54, 1.807) is 31.2 Å². The summed E-state index contributed by atoms with van der Waals surface area (Å²) in [5.41, 5.74) is 0.658. The number of carbonyl (C=O) groups is 2. The number of halogens is 1. The Labute approximate surface area is 99.0 Å². The summed E-state index contributed by atoms with van der Waals surface area (Å²) in [4.78, 5) is 22.6. The number of urea groups is 1. The molecule has 0 unspecified atom stereocenters. The second-order valence-corrected chi connectivity index (χ2v) is 3.56. The van der Waals surface area contributed by atoms with Crippen LogP contribution in [0.3, 0.4) is 0 Å². The van der Waals surface area contributed by atoms with Gasteiger partial charge < -0.3 is 5.32 Å². The average molecular weight is 241 g/mol. The molecule has 1 atom stereocenters. The molecule has 4 nitrogen and oxygen atoms in total. The predicted molar refractivity (Wildman–Crippen MR) is 62.3 cm³/mol. The number of imide groups is 1. The first kappa shape index (κ1) is 12.5. The van der Waals surface area contributed by atoms with Crippen LogP contribution >= 0.6 is 11.6 Å². The van der Waals surface area contributed by atoms with Crippen molar-refractivity contribution >= 4 is 23.5 Å². The maximum Gasteiger partial charge on any atom is 0.321 e. The molecule has 3 amide bonds. The molecule has 0 aliphatic rings. The van der Waals surface area contributed by atoms with E-state index in [2.05, 4.69) is 10.6 Å². The standard InChI is InChI=1S/C11H13ClN2O2/c1-2-13-11(16)14-10(15)9(12)8-6-4-3-5-7-8/h3-7,9H,2H2,1H3,(H2,13,14,15,16)/t9-/m1/s1. The largest absolute Gasteiger partial charge is 0.338 e. The Bertz CT molecular complexity index is 368. The molecule has 0 saturated carbocycles. The first-order valence-electron chi connectivity index (χ1n) is 4.93. The molecule has 0 heterocycles. The highest BCUT2D eigenvalue weighted by Crippen LogP contribution is 2.19. The molecule has 1 aromatic carbocycles. The zero-order valence-corrected chi connectivity index (χ0v) is 9.62. The Balaban J connectivity index is 2.58. The number of amides is 3. The minimum Gasteiger partial charge on any atom is -0.338 e. The fraction of sp³-hybridized carbons (Fsp3) is 0.273. The van der Waals surface area contributed by atoms with Gasteiger partial charge in [-0.25, -0.2) is 4.79 Å². The number of hydrogen-bond donors (Lipinski definition) is 2. The SMILES string of the molecule is CCNC(=O)NC(=O)[C@H](Cl)c1ccccc1. The molecule has 86 valence electrons. The highest BCUT2D eigenvalue weighted by molar-refractivity contribution is 6.31. The van der Waals surface area contributed by atoms with Gasteiger partial charge >= 0.3 is 6.03 Å². The smallest absolute Gasteiger partial charge is 0.321 e. The number of rotatable bonds is 3. The van der Waals surface area contributed by atoms with Gasteiger partial charge in [0, 0.05) is 6.54 Å². The molecule has 0 saturated heterocycles. The summed E-state index contributed by atoms with van der Waals surface area (Å²) < 4.78 is 0. The summed E-state index contributed by atoms with van der Waals surface area (Å²) in [7, 11) is 0. The van der Waals surface area contributed by atoms with Gasteiger partial charge in [-0.1, -0.05) is 30.3 Å². The number of hydrogen-bond acceptors (Lipinski definition) is 2. The van der Waals surface area contributed by atoms with Gasteiger partial charge in [0.05, 0.1) is 0 Å². The van der Waals surface area contributed by atoms with E-state index in [1.165, 1.54) is 0 Å². The highest BCUT2D eigenvalue weighted by atomic mass is 35.5. The fourth-order valence-electron chi connectivity index (χ4n) is 1.15. The van der Waals surface area contributed by atoms with Crippen molar-refractivity contribution in [3.63, 3.8) is 0 Å². The van der Waals surface area contributed by atoms with E-state index in [0.29, 0.717) is 12.1 Å². The van der Waals surface area contributed by atoms with Crippen molar-refractivity contribution in [3.8, 4) is 0 Å². The molecule has 0 aromatic heterocycles. The van der Waals surface area contributed by atoms with Crippen molar-refractivity contribution < 1.29 is 9.59 Å². The minimum atomic E-state index is -0.858. The molecular formula is C11H13ClN2O2. The molecule has 0 fully saturated rings. The Morgan fingerprint density at radius 1 is 1.31 bits per heavy atom. The van der Waals surface area contributed by atoms with E-state index in [1.807, 2.05) is 6.07 Å². The molecule has 0 aliphatic carbocycles. The maximum absolute atomic E-state index is 11.5. The normalized spacial score (nSPS) is 11.6. The molecule has 1 rings (SSSR count). The highest BCUT2D eigenvalue weighted by Gasteiger charge is 2.18. The Morgan fingerprint density at radius 2 is 1.94 bits per heavy atom. The lowest BCUT2D eigenvalue weighted by Gasteiger charge is -2.09. The first-order valence-corrected chi connectivity index (χ1v) is 5.36. The third-order valence-corrected chi connectivity index (χ3v) is 2.35.